The third-order valence-corrected chi connectivity index (χ3v) is 2.76. The zero-order chi connectivity index (χ0) is 11.2. The summed E-state index contributed by atoms with van der Waals surface area (Å²) in [4.78, 5) is 0. The van der Waals surface area contributed by atoms with Crippen molar-refractivity contribution < 1.29 is 4.74 Å². The summed E-state index contributed by atoms with van der Waals surface area (Å²) in [6.07, 6.45) is 0. The van der Waals surface area contributed by atoms with Crippen LogP contribution in [0.15, 0.2) is 0 Å². The van der Waals surface area contributed by atoms with Crippen LogP contribution in [-0.2, 0) is 4.74 Å². The summed E-state index contributed by atoms with van der Waals surface area (Å²) in [6.45, 7) is 14.4. The number of methoxy groups -OCH3 is 1. The maximum Gasteiger partial charge on any atom is 0.0587 e. The number of hydrogen-bond donors (Lipinski definition) is 1. The van der Waals surface area contributed by atoms with E-state index in [1.165, 1.54) is 0 Å². The summed E-state index contributed by atoms with van der Waals surface area (Å²) in [5, 5.41) is 3.45. The van der Waals surface area contributed by atoms with Crippen molar-refractivity contribution in [3.05, 3.63) is 0 Å². The first-order valence-corrected chi connectivity index (χ1v) is 5.59. The van der Waals surface area contributed by atoms with Crippen LogP contribution in [0.2, 0.25) is 0 Å². The van der Waals surface area contributed by atoms with Crippen LogP contribution in [0.3, 0.4) is 0 Å². The molecule has 0 aromatic carbocycles. The smallest absolute Gasteiger partial charge is 0.0587 e. The number of rotatable bonds is 6. The first-order chi connectivity index (χ1) is 6.39. The minimum atomic E-state index is 0.383. The van der Waals surface area contributed by atoms with Crippen LogP contribution in [0.5, 0.6) is 0 Å². The fourth-order valence-corrected chi connectivity index (χ4v) is 1.97. The van der Waals surface area contributed by atoms with E-state index in [0.717, 1.165) is 31.5 Å². The molecule has 1 atom stereocenters. The van der Waals surface area contributed by atoms with Gasteiger partial charge >= 0.3 is 0 Å². The van der Waals surface area contributed by atoms with Gasteiger partial charge in [0.1, 0.15) is 0 Å². The van der Waals surface area contributed by atoms with Crippen LogP contribution in [0, 0.1) is 17.3 Å². The first-order valence-electron chi connectivity index (χ1n) is 5.59. The summed E-state index contributed by atoms with van der Waals surface area (Å²) < 4.78 is 5.01. The normalized spacial score (nSPS) is 14.8. The minimum absolute atomic E-state index is 0.383. The van der Waals surface area contributed by atoms with Crippen LogP contribution in [-0.4, -0.2) is 26.8 Å². The standard InChI is InChI=1S/C12H27NO/c1-10(2)11(12(3,4)5)9-13-7-8-14-6/h10-11,13H,7-9H2,1-6H3. The molecule has 0 heterocycles. The Morgan fingerprint density at radius 3 is 2.14 bits per heavy atom. The van der Waals surface area contributed by atoms with Crippen molar-refractivity contribution in [3.8, 4) is 0 Å². The monoisotopic (exact) mass is 201 g/mol. The molecule has 0 aliphatic carbocycles. The van der Waals surface area contributed by atoms with Crippen LogP contribution in [0.1, 0.15) is 34.6 Å². The molecule has 2 nitrogen and oxygen atoms in total. The second-order valence-corrected chi connectivity index (χ2v) is 5.41. The Kier molecular flexibility index (Phi) is 6.38. The Morgan fingerprint density at radius 1 is 1.21 bits per heavy atom. The minimum Gasteiger partial charge on any atom is -0.383 e. The van der Waals surface area contributed by atoms with Gasteiger partial charge in [-0.1, -0.05) is 34.6 Å². The average Bonchev–Trinajstić information content (AvgIpc) is 2.01. The summed E-state index contributed by atoms with van der Waals surface area (Å²) in [7, 11) is 1.74. The molecule has 0 aromatic rings. The van der Waals surface area contributed by atoms with Gasteiger partial charge in [-0.25, -0.2) is 0 Å². The number of ether oxygens (including phenoxy) is 1. The molecule has 0 rings (SSSR count). The largest absolute Gasteiger partial charge is 0.383 e. The Balaban J connectivity index is 3.87. The second kappa shape index (κ2) is 6.41. The van der Waals surface area contributed by atoms with Gasteiger partial charge in [0.05, 0.1) is 6.61 Å². The van der Waals surface area contributed by atoms with Crippen molar-refractivity contribution in [2.24, 2.45) is 17.3 Å². The molecule has 1 unspecified atom stereocenters. The molecule has 0 bridgehead atoms. The molecular weight excluding hydrogens is 174 g/mol. The Labute approximate surface area is 89.4 Å². The lowest BCUT2D eigenvalue weighted by atomic mass is 9.74. The summed E-state index contributed by atoms with van der Waals surface area (Å²) in [5.74, 6) is 1.45. The van der Waals surface area contributed by atoms with Crippen molar-refractivity contribution in [3.63, 3.8) is 0 Å². The highest BCUT2D eigenvalue weighted by Gasteiger charge is 2.26. The van der Waals surface area contributed by atoms with E-state index in [2.05, 4.69) is 39.9 Å². The van der Waals surface area contributed by atoms with Gasteiger partial charge in [0, 0.05) is 13.7 Å². The highest BCUT2D eigenvalue weighted by Crippen LogP contribution is 2.31. The van der Waals surface area contributed by atoms with Gasteiger partial charge in [-0.3, -0.25) is 0 Å². The molecule has 0 aliphatic heterocycles. The molecule has 0 amide bonds. The second-order valence-electron chi connectivity index (χ2n) is 5.41. The fraction of sp³-hybridized carbons (Fsp3) is 1.00. The fourth-order valence-electron chi connectivity index (χ4n) is 1.97. The van der Waals surface area contributed by atoms with Gasteiger partial charge in [0.2, 0.25) is 0 Å². The zero-order valence-electron chi connectivity index (χ0n) is 10.7. The third-order valence-electron chi connectivity index (χ3n) is 2.76. The van der Waals surface area contributed by atoms with Crippen LogP contribution >= 0.6 is 0 Å². The molecule has 2 heteroatoms. The van der Waals surface area contributed by atoms with E-state index in [1.54, 1.807) is 7.11 Å². The average molecular weight is 201 g/mol. The molecule has 86 valence electrons. The van der Waals surface area contributed by atoms with E-state index in [4.69, 9.17) is 4.74 Å². The van der Waals surface area contributed by atoms with E-state index in [-0.39, 0.29) is 0 Å². The molecule has 0 radical (unpaired) electrons. The molecule has 0 saturated heterocycles. The zero-order valence-corrected chi connectivity index (χ0v) is 10.7. The van der Waals surface area contributed by atoms with Crippen molar-refractivity contribution >= 4 is 0 Å². The molecule has 1 N–H and O–H groups in total. The lowest BCUT2D eigenvalue weighted by Crippen LogP contribution is -2.36. The van der Waals surface area contributed by atoms with Crippen molar-refractivity contribution in [2.45, 2.75) is 34.6 Å². The molecular formula is C12H27NO. The highest BCUT2D eigenvalue weighted by atomic mass is 16.5. The van der Waals surface area contributed by atoms with Crippen LogP contribution in [0.25, 0.3) is 0 Å². The van der Waals surface area contributed by atoms with Gasteiger partial charge in [0.25, 0.3) is 0 Å². The van der Waals surface area contributed by atoms with Crippen LogP contribution in [0.4, 0.5) is 0 Å². The van der Waals surface area contributed by atoms with Gasteiger partial charge in [-0.05, 0) is 23.8 Å². The topological polar surface area (TPSA) is 21.3 Å². The number of nitrogens with one attached hydrogen (secondary N) is 1. The van der Waals surface area contributed by atoms with Gasteiger partial charge in [-0.15, -0.1) is 0 Å². The van der Waals surface area contributed by atoms with Crippen molar-refractivity contribution in [1.82, 2.24) is 5.32 Å². The Bertz CT molecular complexity index is 138. The Morgan fingerprint density at radius 2 is 1.79 bits per heavy atom. The van der Waals surface area contributed by atoms with Crippen LogP contribution < -0.4 is 5.32 Å². The molecule has 0 spiro atoms. The predicted molar refractivity (Wildman–Crippen MR) is 62.5 cm³/mol. The predicted octanol–water partition coefficient (Wildman–Crippen LogP) is 2.54. The first kappa shape index (κ1) is 13.9. The highest BCUT2D eigenvalue weighted by molar-refractivity contribution is 4.78. The molecule has 0 aliphatic rings. The molecule has 0 fully saturated rings. The molecule has 0 saturated carbocycles. The van der Waals surface area contributed by atoms with E-state index < -0.39 is 0 Å². The summed E-state index contributed by atoms with van der Waals surface area (Å²) in [5.41, 5.74) is 0.383. The quantitative estimate of drug-likeness (QED) is 0.667. The van der Waals surface area contributed by atoms with Crippen molar-refractivity contribution in [1.29, 1.82) is 0 Å². The van der Waals surface area contributed by atoms with E-state index in [0.29, 0.717) is 5.41 Å². The van der Waals surface area contributed by atoms with Gasteiger partial charge in [-0.2, -0.15) is 0 Å². The lowest BCUT2D eigenvalue weighted by Gasteiger charge is -2.34. The summed E-state index contributed by atoms with van der Waals surface area (Å²) in [6, 6.07) is 0. The van der Waals surface area contributed by atoms with E-state index in [1.807, 2.05) is 0 Å². The van der Waals surface area contributed by atoms with E-state index >= 15 is 0 Å². The maximum atomic E-state index is 5.01. The SMILES string of the molecule is COCCNCC(C(C)C)C(C)(C)C. The molecule has 14 heavy (non-hydrogen) atoms. The van der Waals surface area contributed by atoms with Crippen molar-refractivity contribution in [2.75, 3.05) is 26.8 Å². The maximum absolute atomic E-state index is 5.01. The number of hydrogen-bond acceptors (Lipinski definition) is 2. The lowest BCUT2D eigenvalue weighted by molar-refractivity contribution is 0.160. The molecule has 0 aromatic heterocycles. The summed E-state index contributed by atoms with van der Waals surface area (Å²) >= 11 is 0. The van der Waals surface area contributed by atoms with Gasteiger partial charge in [0.15, 0.2) is 0 Å². The third kappa shape index (κ3) is 5.61. The Hall–Kier alpha value is -0.0800. The van der Waals surface area contributed by atoms with E-state index in [9.17, 15) is 0 Å². The van der Waals surface area contributed by atoms with Gasteiger partial charge < -0.3 is 10.1 Å².